The van der Waals surface area contributed by atoms with Crippen LogP contribution in [0, 0.1) is 17.0 Å². The summed E-state index contributed by atoms with van der Waals surface area (Å²) in [6.07, 6.45) is 0. The number of nitrogens with one attached hydrogen (secondary N) is 1. The molecule has 1 atom stereocenters. The lowest BCUT2D eigenvalue weighted by Gasteiger charge is -2.13. The third-order valence-corrected chi connectivity index (χ3v) is 2.65. The Bertz CT molecular complexity index is 542. The Balaban J connectivity index is 2.96. The second kappa shape index (κ2) is 6.65. The zero-order valence-electron chi connectivity index (χ0n) is 11.5. The van der Waals surface area contributed by atoms with E-state index in [0.29, 0.717) is 5.56 Å². The molecular weight excluding hydrogens is 264 g/mol. The number of ether oxygens (including phenoxy) is 1. The van der Waals surface area contributed by atoms with E-state index in [2.05, 4.69) is 5.32 Å². The molecule has 0 aliphatic rings. The van der Waals surface area contributed by atoms with E-state index in [-0.39, 0.29) is 17.9 Å². The van der Waals surface area contributed by atoms with E-state index in [0.717, 1.165) is 0 Å². The van der Waals surface area contributed by atoms with Gasteiger partial charge in [-0.2, -0.15) is 0 Å². The van der Waals surface area contributed by atoms with Gasteiger partial charge in [-0.15, -0.1) is 0 Å². The molecule has 1 unspecified atom stereocenters. The number of nitro groups is 1. The Morgan fingerprint density at radius 1 is 1.45 bits per heavy atom. The van der Waals surface area contributed by atoms with Crippen molar-refractivity contribution in [2.45, 2.75) is 26.8 Å². The molecule has 1 N–H and O–H groups in total. The summed E-state index contributed by atoms with van der Waals surface area (Å²) in [7, 11) is 0. The Kier molecular flexibility index (Phi) is 5.19. The Morgan fingerprint density at radius 2 is 2.10 bits per heavy atom. The summed E-state index contributed by atoms with van der Waals surface area (Å²) >= 11 is 0. The second-order valence-electron chi connectivity index (χ2n) is 4.18. The third kappa shape index (κ3) is 3.53. The molecule has 0 spiro atoms. The van der Waals surface area contributed by atoms with Crippen LogP contribution in [0.15, 0.2) is 18.2 Å². The highest BCUT2D eigenvalue weighted by Crippen LogP contribution is 2.22. The van der Waals surface area contributed by atoms with Crippen molar-refractivity contribution < 1.29 is 19.2 Å². The molecule has 1 rings (SSSR count). The molecule has 0 aliphatic carbocycles. The van der Waals surface area contributed by atoms with Crippen LogP contribution in [-0.4, -0.2) is 29.4 Å². The van der Waals surface area contributed by atoms with E-state index in [9.17, 15) is 19.7 Å². The fourth-order valence-corrected chi connectivity index (χ4v) is 1.69. The minimum absolute atomic E-state index is 0.0776. The van der Waals surface area contributed by atoms with Crippen molar-refractivity contribution in [1.29, 1.82) is 0 Å². The number of esters is 1. The number of nitro benzene ring substituents is 1. The number of carbonyl (C=O) groups is 2. The van der Waals surface area contributed by atoms with Crippen molar-refractivity contribution in [3.05, 3.63) is 39.4 Å². The molecule has 7 heteroatoms. The average molecular weight is 280 g/mol. The monoisotopic (exact) mass is 280 g/mol. The van der Waals surface area contributed by atoms with E-state index < -0.39 is 22.8 Å². The van der Waals surface area contributed by atoms with Crippen LogP contribution in [0.3, 0.4) is 0 Å². The van der Waals surface area contributed by atoms with Crippen molar-refractivity contribution in [3.8, 4) is 0 Å². The number of hydrogen-bond acceptors (Lipinski definition) is 5. The van der Waals surface area contributed by atoms with Gasteiger partial charge in [0, 0.05) is 5.56 Å². The first-order valence-corrected chi connectivity index (χ1v) is 6.10. The summed E-state index contributed by atoms with van der Waals surface area (Å²) in [4.78, 5) is 33.8. The summed E-state index contributed by atoms with van der Waals surface area (Å²) in [5, 5.41) is 13.4. The van der Waals surface area contributed by atoms with E-state index >= 15 is 0 Å². The summed E-state index contributed by atoms with van der Waals surface area (Å²) < 4.78 is 4.75. The lowest BCUT2D eigenvalue weighted by atomic mass is 10.1. The smallest absolute Gasteiger partial charge is 0.328 e. The van der Waals surface area contributed by atoms with Crippen molar-refractivity contribution in [1.82, 2.24) is 5.32 Å². The zero-order chi connectivity index (χ0) is 15.3. The first-order valence-electron chi connectivity index (χ1n) is 6.10. The minimum atomic E-state index is -0.873. The largest absolute Gasteiger partial charge is 0.464 e. The van der Waals surface area contributed by atoms with Crippen LogP contribution in [0.1, 0.15) is 29.8 Å². The summed E-state index contributed by atoms with van der Waals surface area (Å²) in [5.74, 6) is -1.27. The highest BCUT2D eigenvalue weighted by molar-refractivity contribution is 6.00. The molecule has 0 aromatic heterocycles. The molecule has 1 amide bonds. The fourth-order valence-electron chi connectivity index (χ4n) is 1.69. The third-order valence-electron chi connectivity index (χ3n) is 2.65. The predicted molar refractivity (Wildman–Crippen MR) is 71.4 cm³/mol. The maximum Gasteiger partial charge on any atom is 0.328 e. The maximum absolute atomic E-state index is 12.0. The van der Waals surface area contributed by atoms with Crippen LogP contribution in [0.2, 0.25) is 0 Å². The van der Waals surface area contributed by atoms with Crippen molar-refractivity contribution in [2.75, 3.05) is 6.61 Å². The molecule has 0 aliphatic heterocycles. The first-order chi connectivity index (χ1) is 9.38. The Labute approximate surface area is 116 Å². The van der Waals surface area contributed by atoms with Crippen LogP contribution in [0.25, 0.3) is 0 Å². The van der Waals surface area contributed by atoms with Crippen LogP contribution in [0.5, 0.6) is 0 Å². The van der Waals surface area contributed by atoms with Gasteiger partial charge in [-0.1, -0.05) is 12.1 Å². The quantitative estimate of drug-likeness (QED) is 0.501. The van der Waals surface area contributed by atoms with Gasteiger partial charge in [0.2, 0.25) is 0 Å². The highest BCUT2D eigenvalue weighted by Gasteiger charge is 2.25. The fraction of sp³-hybridized carbons (Fsp3) is 0.385. The first kappa shape index (κ1) is 15.6. The van der Waals surface area contributed by atoms with Crippen molar-refractivity contribution >= 4 is 17.6 Å². The van der Waals surface area contributed by atoms with Gasteiger partial charge in [0.15, 0.2) is 0 Å². The van der Waals surface area contributed by atoms with Crippen LogP contribution >= 0.6 is 0 Å². The summed E-state index contributed by atoms with van der Waals surface area (Å²) in [5.41, 5.74) is 0.0404. The van der Waals surface area contributed by atoms with Gasteiger partial charge in [0.25, 0.3) is 11.6 Å². The van der Waals surface area contributed by atoms with Crippen LogP contribution < -0.4 is 5.32 Å². The highest BCUT2D eigenvalue weighted by atomic mass is 16.6. The normalized spacial score (nSPS) is 11.6. The molecule has 0 radical (unpaired) electrons. The molecule has 108 valence electrons. The lowest BCUT2D eigenvalue weighted by Crippen LogP contribution is -2.39. The predicted octanol–water partition coefficient (Wildman–Crippen LogP) is 1.58. The van der Waals surface area contributed by atoms with Gasteiger partial charge in [-0.3, -0.25) is 14.9 Å². The number of carbonyl (C=O) groups excluding carboxylic acids is 2. The Hall–Kier alpha value is -2.44. The molecular formula is C13H16N2O5. The molecule has 0 heterocycles. The molecule has 0 saturated heterocycles. The van der Waals surface area contributed by atoms with Gasteiger partial charge in [-0.25, -0.2) is 4.79 Å². The molecule has 0 fully saturated rings. The molecule has 20 heavy (non-hydrogen) atoms. The number of hydrogen-bond donors (Lipinski definition) is 1. The Morgan fingerprint density at radius 3 is 2.65 bits per heavy atom. The number of aryl methyl sites for hydroxylation is 1. The number of amides is 1. The van der Waals surface area contributed by atoms with Crippen molar-refractivity contribution in [2.24, 2.45) is 0 Å². The topological polar surface area (TPSA) is 98.5 Å². The SMILES string of the molecule is CCOC(=O)C(C)NC(=O)c1cccc(C)c1[N+](=O)[O-]. The van der Waals surface area contributed by atoms with Gasteiger partial charge >= 0.3 is 5.97 Å². The van der Waals surface area contributed by atoms with Gasteiger partial charge < -0.3 is 10.1 Å². The average Bonchev–Trinajstić information content (AvgIpc) is 2.37. The lowest BCUT2D eigenvalue weighted by molar-refractivity contribution is -0.385. The number of benzene rings is 1. The second-order valence-corrected chi connectivity index (χ2v) is 4.18. The molecule has 0 bridgehead atoms. The molecule has 1 aromatic rings. The van der Waals surface area contributed by atoms with E-state index in [1.165, 1.54) is 13.0 Å². The van der Waals surface area contributed by atoms with E-state index in [1.807, 2.05) is 0 Å². The molecule has 0 saturated carbocycles. The standard InChI is InChI=1S/C13H16N2O5/c1-4-20-13(17)9(3)14-12(16)10-7-5-6-8(2)11(10)15(18)19/h5-7,9H,4H2,1-3H3,(H,14,16). The zero-order valence-corrected chi connectivity index (χ0v) is 11.5. The molecule has 1 aromatic carbocycles. The number of nitrogens with zero attached hydrogens (tertiary/aromatic N) is 1. The number of para-hydroxylation sites is 1. The van der Waals surface area contributed by atoms with Crippen LogP contribution in [0.4, 0.5) is 5.69 Å². The summed E-state index contributed by atoms with van der Waals surface area (Å²) in [6.45, 7) is 4.85. The molecule has 7 nitrogen and oxygen atoms in total. The van der Waals surface area contributed by atoms with Gasteiger partial charge in [0.1, 0.15) is 11.6 Å². The van der Waals surface area contributed by atoms with E-state index in [1.54, 1.807) is 26.0 Å². The minimum Gasteiger partial charge on any atom is -0.464 e. The van der Waals surface area contributed by atoms with Gasteiger partial charge in [-0.05, 0) is 26.8 Å². The number of rotatable bonds is 5. The van der Waals surface area contributed by atoms with E-state index in [4.69, 9.17) is 4.74 Å². The van der Waals surface area contributed by atoms with Crippen molar-refractivity contribution in [3.63, 3.8) is 0 Å². The summed E-state index contributed by atoms with van der Waals surface area (Å²) in [6, 6.07) is 3.57. The van der Waals surface area contributed by atoms with Gasteiger partial charge in [0.05, 0.1) is 11.5 Å². The maximum atomic E-state index is 12.0. The van der Waals surface area contributed by atoms with Crippen LogP contribution in [-0.2, 0) is 9.53 Å².